The summed E-state index contributed by atoms with van der Waals surface area (Å²) in [7, 11) is 0. The van der Waals surface area contributed by atoms with Crippen LogP contribution in [0.2, 0.25) is 0 Å². The van der Waals surface area contributed by atoms with E-state index in [1.807, 2.05) is 43.3 Å². The predicted octanol–water partition coefficient (Wildman–Crippen LogP) is 4.31. The summed E-state index contributed by atoms with van der Waals surface area (Å²) in [5.74, 6) is 0.0157. The minimum absolute atomic E-state index is 0.392. The highest BCUT2D eigenvalue weighted by atomic mass is 79.9. The normalized spacial score (nSPS) is 11.7. The van der Waals surface area contributed by atoms with Crippen molar-refractivity contribution in [2.24, 2.45) is 0 Å². The van der Waals surface area contributed by atoms with Gasteiger partial charge in [-0.2, -0.15) is 0 Å². The monoisotopic (exact) mass is 437 g/mol. The van der Waals surface area contributed by atoms with Gasteiger partial charge in [-0.05, 0) is 36.8 Å². The largest absolute Gasteiger partial charge is 0.424 e. The number of esters is 1. The number of hydrogen-bond donors (Lipinski definition) is 0. The summed E-state index contributed by atoms with van der Waals surface area (Å²) in [6.45, 7) is 3.33. The molecule has 1 heterocycles. The molecular formula is C16H13Br2N3O2. The minimum Gasteiger partial charge on any atom is -0.424 e. The summed E-state index contributed by atoms with van der Waals surface area (Å²) < 4.78 is 4.89. The maximum Gasteiger partial charge on any atom is 0.308 e. The summed E-state index contributed by atoms with van der Waals surface area (Å²) in [6, 6.07) is 13.0. The van der Waals surface area contributed by atoms with Crippen molar-refractivity contribution in [1.29, 1.82) is 0 Å². The van der Waals surface area contributed by atoms with Gasteiger partial charge in [-0.1, -0.05) is 50.1 Å². The fourth-order valence-electron chi connectivity index (χ4n) is 2.16. The van der Waals surface area contributed by atoms with Crippen LogP contribution in [-0.2, 0) is 8.03 Å². The zero-order valence-electron chi connectivity index (χ0n) is 12.5. The average molecular weight is 439 g/mol. The Morgan fingerprint density at radius 1 is 1.13 bits per heavy atom. The molecule has 0 fully saturated rings. The molecule has 118 valence electrons. The fraction of sp³-hybridized carbons (Fsp3) is 0.188. The number of halogens is 2. The molecule has 3 rings (SSSR count). The molecule has 23 heavy (non-hydrogen) atoms. The molecule has 0 bridgehead atoms. The Morgan fingerprint density at radius 2 is 1.74 bits per heavy atom. The van der Waals surface area contributed by atoms with Gasteiger partial charge in [0.1, 0.15) is 20.0 Å². The summed E-state index contributed by atoms with van der Waals surface area (Å²) in [5, 5.41) is 8.92. The van der Waals surface area contributed by atoms with Crippen molar-refractivity contribution in [3.8, 4) is 11.4 Å². The predicted molar refractivity (Wildman–Crippen MR) is 95.4 cm³/mol. The molecule has 3 aromatic rings. The van der Waals surface area contributed by atoms with E-state index in [2.05, 4.69) is 42.1 Å². The second-order valence-corrected chi connectivity index (χ2v) is 9.38. The Hall–Kier alpha value is -1.73. The maximum absolute atomic E-state index is 11.4. The Labute approximate surface area is 149 Å². The number of hydrogen-bond acceptors (Lipinski definition) is 4. The first kappa shape index (κ1) is 16.1. The lowest BCUT2D eigenvalue weighted by Gasteiger charge is -2.17. The SMILES string of the molecule is CC(=O)Oc1ccc(C(C)(Br)Br)cc1-n1nc2ccccc2n1. The van der Waals surface area contributed by atoms with Crippen molar-refractivity contribution in [3.05, 3.63) is 48.0 Å². The molecule has 0 saturated carbocycles. The van der Waals surface area contributed by atoms with E-state index in [0.29, 0.717) is 11.4 Å². The molecule has 1 aromatic heterocycles. The van der Waals surface area contributed by atoms with Gasteiger partial charge in [-0.3, -0.25) is 4.79 Å². The lowest BCUT2D eigenvalue weighted by molar-refractivity contribution is -0.131. The lowest BCUT2D eigenvalue weighted by atomic mass is 10.1. The van der Waals surface area contributed by atoms with Gasteiger partial charge in [0.2, 0.25) is 0 Å². The van der Waals surface area contributed by atoms with Crippen LogP contribution < -0.4 is 4.74 Å². The first-order chi connectivity index (χ1) is 10.8. The number of alkyl halides is 2. The van der Waals surface area contributed by atoms with E-state index in [-0.39, 0.29) is 0 Å². The van der Waals surface area contributed by atoms with Crippen LogP contribution in [0.3, 0.4) is 0 Å². The van der Waals surface area contributed by atoms with E-state index in [4.69, 9.17) is 4.74 Å². The molecule has 0 unspecified atom stereocenters. The molecule has 5 nitrogen and oxygen atoms in total. The van der Waals surface area contributed by atoms with E-state index in [9.17, 15) is 4.79 Å². The van der Waals surface area contributed by atoms with Crippen LogP contribution in [0, 0.1) is 0 Å². The molecule has 0 N–H and O–H groups in total. The number of aromatic nitrogens is 3. The third-order valence-corrected chi connectivity index (χ3v) is 4.14. The highest BCUT2D eigenvalue weighted by Gasteiger charge is 2.22. The number of nitrogens with zero attached hydrogens (tertiary/aromatic N) is 3. The van der Waals surface area contributed by atoms with Crippen molar-refractivity contribution in [3.63, 3.8) is 0 Å². The van der Waals surface area contributed by atoms with Crippen molar-refractivity contribution < 1.29 is 9.53 Å². The van der Waals surface area contributed by atoms with E-state index in [0.717, 1.165) is 16.6 Å². The molecule has 0 spiro atoms. The van der Waals surface area contributed by atoms with E-state index in [1.165, 1.54) is 11.7 Å². The van der Waals surface area contributed by atoms with Crippen molar-refractivity contribution >= 4 is 48.9 Å². The summed E-state index contributed by atoms with van der Waals surface area (Å²) in [5.41, 5.74) is 3.09. The highest BCUT2D eigenvalue weighted by Crippen LogP contribution is 2.39. The third kappa shape index (κ3) is 3.45. The molecular weight excluding hydrogens is 426 g/mol. The number of carbonyl (C=O) groups excluding carboxylic acids is 1. The number of carbonyl (C=O) groups is 1. The first-order valence-corrected chi connectivity index (χ1v) is 8.46. The Balaban J connectivity index is 2.19. The van der Waals surface area contributed by atoms with Gasteiger partial charge in [0, 0.05) is 6.92 Å². The van der Waals surface area contributed by atoms with E-state index < -0.39 is 9.20 Å². The van der Waals surface area contributed by atoms with E-state index in [1.54, 1.807) is 6.07 Å². The highest BCUT2D eigenvalue weighted by molar-refractivity contribution is 9.24. The van der Waals surface area contributed by atoms with Gasteiger partial charge in [-0.15, -0.1) is 15.0 Å². The third-order valence-electron chi connectivity index (χ3n) is 3.22. The summed E-state index contributed by atoms with van der Waals surface area (Å²) in [4.78, 5) is 12.8. The molecule has 2 aromatic carbocycles. The Bertz CT molecular complexity index is 851. The zero-order valence-corrected chi connectivity index (χ0v) is 15.6. The van der Waals surface area contributed by atoms with Crippen molar-refractivity contribution in [2.75, 3.05) is 0 Å². The van der Waals surface area contributed by atoms with Crippen molar-refractivity contribution in [1.82, 2.24) is 15.0 Å². The van der Waals surface area contributed by atoms with Crippen LogP contribution >= 0.6 is 31.9 Å². The molecule has 0 amide bonds. The number of fused-ring (bicyclic) bond motifs is 1. The Morgan fingerprint density at radius 3 is 2.26 bits per heavy atom. The van der Waals surface area contributed by atoms with Gasteiger partial charge >= 0.3 is 5.97 Å². The maximum atomic E-state index is 11.4. The number of rotatable bonds is 3. The zero-order chi connectivity index (χ0) is 16.6. The molecule has 7 heteroatoms. The minimum atomic E-state index is -0.407. The number of benzene rings is 2. The van der Waals surface area contributed by atoms with Crippen LogP contribution in [0.4, 0.5) is 0 Å². The van der Waals surface area contributed by atoms with Crippen LogP contribution in [0.1, 0.15) is 19.4 Å². The molecule has 0 radical (unpaired) electrons. The molecule has 0 saturated heterocycles. The van der Waals surface area contributed by atoms with Gasteiger partial charge in [0.25, 0.3) is 0 Å². The van der Waals surface area contributed by atoms with Crippen LogP contribution in [0.5, 0.6) is 5.75 Å². The smallest absolute Gasteiger partial charge is 0.308 e. The Kier molecular flexibility index (Phi) is 4.25. The summed E-state index contributed by atoms with van der Waals surface area (Å²) in [6.07, 6.45) is 0. The molecule has 0 atom stereocenters. The van der Waals surface area contributed by atoms with Crippen LogP contribution in [0.15, 0.2) is 42.5 Å². The average Bonchev–Trinajstić information content (AvgIpc) is 2.89. The van der Waals surface area contributed by atoms with Gasteiger partial charge < -0.3 is 4.74 Å². The fourth-order valence-corrected chi connectivity index (χ4v) is 2.65. The van der Waals surface area contributed by atoms with Gasteiger partial charge in [0.05, 0.1) is 0 Å². The van der Waals surface area contributed by atoms with E-state index >= 15 is 0 Å². The molecule has 0 aliphatic heterocycles. The van der Waals surface area contributed by atoms with Crippen molar-refractivity contribution in [2.45, 2.75) is 17.1 Å². The number of ether oxygens (including phenoxy) is 1. The quantitative estimate of drug-likeness (QED) is 0.347. The molecule has 0 aliphatic rings. The second-order valence-electron chi connectivity index (χ2n) is 5.14. The van der Waals surface area contributed by atoms with Gasteiger partial charge in [0.15, 0.2) is 5.75 Å². The standard InChI is InChI=1S/C16H13Br2N3O2/c1-10(22)23-15-8-7-11(16(2,17)18)9-14(15)21-19-12-5-3-4-6-13(12)20-21/h3-9H,1-2H3. The van der Waals surface area contributed by atoms with Crippen LogP contribution in [0.25, 0.3) is 16.7 Å². The first-order valence-electron chi connectivity index (χ1n) is 6.88. The molecule has 0 aliphatic carbocycles. The summed E-state index contributed by atoms with van der Waals surface area (Å²) >= 11 is 7.12. The second kappa shape index (κ2) is 6.05. The topological polar surface area (TPSA) is 57.0 Å². The van der Waals surface area contributed by atoms with Crippen LogP contribution in [-0.4, -0.2) is 21.0 Å². The lowest BCUT2D eigenvalue weighted by Crippen LogP contribution is -2.10. The van der Waals surface area contributed by atoms with Gasteiger partial charge in [-0.25, -0.2) is 0 Å².